The van der Waals surface area contributed by atoms with Gasteiger partial charge in [0.15, 0.2) is 0 Å². The van der Waals surface area contributed by atoms with Crippen molar-refractivity contribution in [3.8, 4) is 0 Å². The van der Waals surface area contributed by atoms with Gasteiger partial charge in [0.1, 0.15) is 5.71 Å². The van der Waals surface area contributed by atoms with E-state index in [-0.39, 0.29) is 11.8 Å². The van der Waals surface area contributed by atoms with Crippen molar-refractivity contribution in [2.24, 2.45) is 11.1 Å². The van der Waals surface area contributed by atoms with Gasteiger partial charge in [0.05, 0.1) is 5.69 Å². The third-order valence-electron chi connectivity index (χ3n) is 4.30. The zero-order chi connectivity index (χ0) is 18.0. The average Bonchev–Trinajstić information content (AvgIpc) is 3.12. The first-order chi connectivity index (χ1) is 12.0. The monoisotopic (exact) mass is 339 g/mol. The molecule has 0 N–H and O–H groups in total. The van der Waals surface area contributed by atoms with E-state index in [1.54, 1.807) is 11.8 Å². The molecule has 2 heterocycles. The minimum Gasteiger partial charge on any atom is -0.346 e. The summed E-state index contributed by atoms with van der Waals surface area (Å²) in [5.74, 6) is -0.536. The van der Waals surface area contributed by atoms with Crippen LogP contribution in [-0.2, 0) is 21.0 Å². The lowest BCUT2D eigenvalue weighted by molar-refractivity contribution is -0.141. The van der Waals surface area contributed by atoms with Gasteiger partial charge in [0.25, 0.3) is 0 Å². The van der Waals surface area contributed by atoms with Crippen molar-refractivity contribution in [2.45, 2.75) is 27.3 Å². The molecule has 1 aliphatic heterocycles. The van der Waals surface area contributed by atoms with Crippen molar-refractivity contribution in [2.75, 3.05) is 11.4 Å². The van der Waals surface area contributed by atoms with Crippen LogP contribution >= 0.6 is 0 Å². The van der Waals surface area contributed by atoms with E-state index in [1.807, 2.05) is 49.5 Å². The Hall–Kier alpha value is -2.89. The van der Waals surface area contributed by atoms with Gasteiger partial charge >= 0.3 is 5.97 Å². The Labute approximate surface area is 146 Å². The predicted octanol–water partition coefficient (Wildman–Crippen LogP) is 2.75. The molecule has 0 bridgehead atoms. The highest BCUT2D eigenvalue weighted by atomic mass is 16.7. The Bertz CT molecular complexity index is 821. The molecule has 0 saturated heterocycles. The molecule has 6 heteroatoms. The number of hydrogen-bond donors (Lipinski definition) is 0. The number of oxime groups is 1. The van der Waals surface area contributed by atoms with Gasteiger partial charge in [-0.3, -0.25) is 4.79 Å². The predicted molar refractivity (Wildman–Crippen MR) is 95.4 cm³/mol. The molecular weight excluding hydrogens is 318 g/mol. The molecule has 0 spiro atoms. The van der Waals surface area contributed by atoms with E-state index in [9.17, 15) is 9.59 Å². The van der Waals surface area contributed by atoms with Crippen LogP contribution in [0.25, 0.3) is 0 Å². The maximum Gasteiger partial charge on any atom is 0.331 e. The summed E-state index contributed by atoms with van der Waals surface area (Å²) in [6.45, 7) is 6.05. The summed E-state index contributed by atoms with van der Waals surface area (Å²) in [4.78, 5) is 29.9. The minimum absolute atomic E-state index is 0.0349. The number of benzene rings is 1. The van der Waals surface area contributed by atoms with Crippen LogP contribution in [-0.4, -0.2) is 28.7 Å². The number of nitrogens with zero attached hydrogens (tertiary/aromatic N) is 3. The quantitative estimate of drug-likeness (QED) is 0.635. The van der Waals surface area contributed by atoms with Crippen molar-refractivity contribution >= 4 is 23.3 Å². The Kier molecular flexibility index (Phi) is 4.70. The van der Waals surface area contributed by atoms with Gasteiger partial charge in [-0.25, -0.2) is 4.79 Å². The lowest BCUT2D eigenvalue weighted by atomic mass is 10.0. The van der Waals surface area contributed by atoms with Gasteiger partial charge in [-0.2, -0.15) is 0 Å². The second kappa shape index (κ2) is 6.93. The lowest BCUT2D eigenvalue weighted by Crippen LogP contribution is -2.36. The number of anilines is 1. The molecule has 6 nitrogen and oxygen atoms in total. The summed E-state index contributed by atoms with van der Waals surface area (Å²) >= 11 is 0. The van der Waals surface area contributed by atoms with Crippen LogP contribution in [0.5, 0.6) is 0 Å². The SMILES string of the molecule is CC(=O)O/N=C1/c2cccn2C[C@H]1CN(C(C)=O)c1ccc(C)cc1. The zero-order valence-corrected chi connectivity index (χ0v) is 14.6. The summed E-state index contributed by atoms with van der Waals surface area (Å²) in [6.07, 6.45) is 1.96. The molecule has 130 valence electrons. The number of carbonyl (C=O) groups is 2. The van der Waals surface area contributed by atoms with E-state index in [0.717, 1.165) is 16.9 Å². The van der Waals surface area contributed by atoms with Crippen molar-refractivity contribution in [3.05, 3.63) is 53.9 Å². The minimum atomic E-state index is -0.460. The molecule has 2 aromatic rings. The second-order valence-electron chi connectivity index (χ2n) is 6.27. The molecule has 1 aromatic carbocycles. The molecule has 3 rings (SSSR count). The van der Waals surface area contributed by atoms with Crippen LogP contribution < -0.4 is 4.90 Å². The smallest absolute Gasteiger partial charge is 0.331 e. The topological polar surface area (TPSA) is 63.9 Å². The largest absolute Gasteiger partial charge is 0.346 e. The van der Waals surface area contributed by atoms with Gasteiger partial charge < -0.3 is 14.3 Å². The van der Waals surface area contributed by atoms with Gasteiger partial charge in [-0.15, -0.1) is 0 Å². The summed E-state index contributed by atoms with van der Waals surface area (Å²) < 4.78 is 2.06. The maximum atomic E-state index is 12.2. The van der Waals surface area contributed by atoms with Gasteiger partial charge in [-0.1, -0.05) is 22.9 Å². The first kappa shape index (κ1) is 17.0. The molecule has 1 amide bonds. The molecule has 0 saturated carbocycles. The van der Waals surface area contributed by atoms with E-state index >= 15 is 0 Å². The third kappa shape index (κ3) is 3.63. The van der Waals surface area contributed by atoms with E-state index in [0.29, 0.717) is 18.8 Å². The van der Waals surface area contributed by atoms with Crippen LogP contribution in [0.3, 0.4) is 0 Å². The highest BCUT2D eigenvalue weighted by Crippen LogP contribution is 2.26. The molecule has 1 aliphatic rings. The van der Waals surface area contributed by atoms with E-state index < -0.39 is 5.97 Å². The van der Waals surface area contributed by atoms with Crippen LogP contribution in [0.1, 0.15) is 25.1 Å². The zero-order valence-electron chi connectivity index (χ0n) is 14.6. The first-order valence-electron chi connectivity index (χ1n) is 8.21. The first-order valence-corrected chi connectivity index (χ1v) is 8.21. The summed E-state index contributed by atoms with van der Waals surface area (Å²) in [5.41, 5.74) is 3.60. The van der Waals surface area contributed by atoms with Crippen LogP contribution in [0.4, 0.5) is 5.69 Å². The summed E-state index contributed by atoms with van der Waals surface area (Å²) in [5, 5.41) is 4.05. The standard InChI is InChI=1S/C19H21N3O3/c1-13-6-8-17(9-7-13)22(14(2)23)12-16-11-21-10-4-5-18(21)19(16)20-25-15(3)24/h4-10,16H,11-12H2,1-3H3/b20-19+/t16-/m0/s1. The molecule has 0 unspecified atom stereocenters. The number of aryl methyl sites for hydroxylation is 1. The molecule has 1 aromatic heterocycles. The highest BCUT2D eigenvalue weighted by Gasteiger charge is 2.32. The van der Waals surface area contributed by atoms with Crippen molar-refractivity contribution in [1.82, 2.24) is 4.57 Å². The van der Waals surface area contributed by atoms with Crippen molar-refractivity contribution in [1.29, 1.82) is 0 Å². The van der Waals surface area contributed by atoms with Crippen molar-refractivity contribution in [3.63, 3.8) is 0 Å². The van der Waals surface area contributed by atoms with E-state index in [1.165, 1.54) is 6.92 Å². The number of aromatic nitrogens is 1. The Balaban J connectivity index is 1.87. The number of hydrogen-bond acceptors (Lipinski definition) is 4. The average molecular weight is 339 g/mol. The molecule has 0 radical (unpaired) electrons. The fourth-order valence-corrected chi connectivity index (χ4v) is 3.08. The lowest BCUT2D eigenvalue weighted by Gasteiger charge is -2.24. The van der Waals surface area contributed by atoms with Gasteiger partial charge in [-0.05, 0) is 31.2 Å². The Morgan fingerprint density at radius 1 is 1.24 bits per heavy atom. The second-order valence-corrected chi connectivity index (χ2v) is 6.27. The molecule has 0 fully saturated rings. The number of rotatable bonds is 4. The number of carbonyl (C=O) groups excluding carboxylic acids is 2. The number of amides is 1. The molecule has 1 atom stereocenters. The molecular formula is C19H21N3O3. The fraction of sp³-hybridized carbons (Fsp3) is 0.316. The molecule has 0 aliphatic carbocycles. The van der Waals surface area contributed by atoms with Crippen LogP contribution in [0, 0.1) is 12.8 Å². The number of fused-ring (bicyclic) bond motifs is 1. The summed E-state index contributed by atoms with van der Waals surface area (Å²) in [6, 6.07) is 11.7. The molecule has 25 heavy (non-hydrogen) atoms. The Morgan fingerprint density at radius 3 is 2.60 bits per heavy atom. The fourth-order valence-electron chi connectivity index (χ4n) is 3.08. The summed E-state index contributed by atoms with van der Waals surface area (Å²) in [7, 11) is 0. The highest BCUT2D eigenvalue weighted by molar-refractivity contribution is 6.04. The van der Waals surface area contributed by atoms with Crippen molar-refractivity contribution < 1.29 is 14.4 Å². The maximum absolute atomic E-state index is 12.2. The van der Waals surface area contributed by atoms with Gasteiger partial charge in [0, 0.05) is 44.7 Å². The van der Waals surface area contributed by atoms with Crippen LogP contribution in [0.2, 0.25) is 0 Å². The van der Waals surface area contributed by atoms with Gasteiger partial charge in [0.2, 0.25) is 5.91 Å². The van der Waals surface area contributed by atoms with E-state index in [4.69, 9.17) is 4.84 Å². The third-order valence-corrected chi connectivity index (χ3v) is 4.30. The Morgan fingerprint density at radius 2 is 1.96 bits per heavy atom. The van der Waals surface area contributed by atoms with E-state index in [2.05, 4.69) is 9.72 Å². The van der Waals surface area contributed by atoms with Crippen LogP contribution in [0.15, 0.2) is 47.8 Å². The normalized spacial score (nSPS) is 17.4.